The third kappa shape index (κ3) is 2.58. The summed E-state index contributed by atoms with van der Waals surface area (Å²) in [5.41, 5.74) is 0. The molecule has 48 valence electrons. The van der Waals surface area contributed by atoms with E-state index in [9.17, 15) is 0 Å². The maximum absolute atomic E-state index is 8.84. The average molecular weight is 118 g/mol. The van der Waals surface area contributed by atoms with Gasteiger partial charge in [0.05, 0.1) is 0 Å². The molecule has 0 heterocycles. The fraction of sp³-hybridized carbons (Fsp3) is 0.800. The van der Waals surface area contributed by atoms with Crippen molar-refractivity contribution in [1.82, 2.24) is 0 Å². The van der Waals surface area contributed by atoms with E-state index in [1.807, 2.05) is 0 Å². The fourth-order valence-corrected chi connectivity index (χ4v) is 0.258. The zero-order chi connectivity index (χ0) is 6.57. The smallest absolute Gasteiger partial charge is 0.360 e. The first-order chi connectivity index (χ1) is 3.68. The molecule has 0 radical (unpaired) electrons. The highest BCUT2D eigenvalue weighted by molar-refractivity contribution is 5.69. The summed E-state index contributed by atoms with van der Waals surface area (Å²) in [4.78, 5) is 0. The summed E-state index contributed by atoms with van der Waals surface area (Å²) in [5.74, 6) is 0.243. The summed E-state index contributed by atoms with van der Waals surface area (Å²) in [5, 5.41) is 8.84. The van der Waals surface area contributed by atoms with Crippen LogP contribution < -0.4 is 0 Å². The molecule has 0 amide bonds. The number of nitrogens with zero attached hydrogens (tertiary/aromatic N) is 1. The molecule has 0 aliphatic rings. The molecular weight excluding hydrogens is 106 g/mol. The highest BCUT2D eigenvalue weighted by atomic mass is 16.5. The van der Waals surface area contributed by atoms with Gasteiger partial charge in [-0.3, -0.25) is 0 Å². The van der Waals surface area contributed by atoms with Crippen molar-refractivity contribution in [2.75, 3.05) is 27.8 Å². The van der Waals surface area contributed by atoms with Gasteiger partial charge < -0.3 is 9.84 Å². The van der Waals surface area contributed by atoms with Gasteiger partial charge in [0, 0.05) is 7.11 Å². The zero-order valence-corrected chi connectivity index (χ0v) is 5.51. The van der Waals surface area contributed by atoms with Crippen molar-refractivity contribution in [3.63, 3.8) is 0 Å². The average Bonchev–Trinajstić information content (AvgIpc) is 1.67. The van der Waals surface area contributed by atoms with Gasteiger partial charge in [-0.15, -0.1) is 0 Å². The van der Waals surface area contributed by atoms with Crippen LogP contribution in [0.3, 0.4) is 0 Å². The van der Waals surface area contributed by atoms with Crippen LogP contribution in [0.2, 0.25) is 0 Å². The predicted molar refractivity (Wildman–Crippen MR) is 31.6 cm³/mol. The van der Waals surface area contributed by atoms with Crippen LogP contribution >= 0.6 is 0 Å². The van der Waals surface area contributed by atoms with Crippen molar-refractivity contribution in [2.24, 2.45) is 0 Å². The second-order valence-electron chi connectivity index (χ2n) is 1.74. The molecule has 0 fully saturated rings. The van der Waals surface area contributed by atoms with Crippen LogP contribution in [0.4, 0.5) is 0 Å². The molecule has 0 saturated carbocycles. The Kier molecular flexibility index (Phi) is 3.19. The number of hydrogen-bond acceptors (Lipinski definition) is 1. The van der Waals surface area contributed by atoms with Crippen molar-refractivity contribution >= 4 is 5.90 Å². The third-order valence-corrected chi connectivity index (χ3v) is 0.790. The highest BCUT2D eigenvalue weighted by Crippen LogP contribution is 1.69. The number of ether oxygens (including phenoxy) is 1. The lowest BCUT2D eigenvalue weighted by atomic mass is 10.7. The number of aliphatic hydroxyl groups is 1. The Balaban J connectivity index is 3.62. The quantitative estimate of drug-likeness (QED) is 0.311. The summed E-state index contributed by atoms with van der Waals surface area (Å²) >= 11 is 0. The molecule has 0 aliphatic carbocycles. The van der Waals surface area contributed by atoms with E-state index in [0.717, 1.165) is 0 Å². The molecule has 0 aromatic rings. The minimum Gasteiger partial charge on any atom is -0.462 e. The SMILES string of the molecule is COCC(O)=[N+](C)C. The first-order valence-electron chi connectivity index (χ1n) is 2.39. The molecule has 1 N–H and O–H groups in total. The highest BCUT2D eigenvalue weighted by Gasteiger charge is 2.00. The van der Waals surface area contributed by atoms with Crippen LogP contribution in [0.15, 0.2) is 0 Å². The van der Waals surface area contributed by atoms with Crippen molar-refractivity contribution in [1.29, 1.82) is 0 Å². The Morgan fingerprint density at radius 2 is 2.12 bits per heavy atom. The molecule has 3 heteroatoms. The molecule has 0 spiro atoms. The molecule has 8 heavy (non-hydrogen) atoms. The number of aliphatic hydroxyl groups excluding tert-OH is 1. The Bertz CT molecular complexity index is 94.6. The van der Waals surface area contributed by atoms with E-state index in [-0.39, 0.29) is 12.5 Å². The number of rotatable bonds is 2. The van der Waals surface area contributed by atoms with Crippen LogP contribution in [0.5, 0.6) is 0 Å². The lowest BCUT2D eigenvalue weighted by molar-refractivity contribution is -0.475. The lowest BCUT2D eigenvalue weighted by Crippen LogP contribution is -2.17. The fourth-order valence-electron chi connectivity index (χ4n) is 0.258. The van der Waals surface area contributed by atoms with Gasteiger partial charge in [-0.2, -0.15) is 0 Å². The van der Waals surface area contributed by atoms with Gasteiger partial charge in [-0.25, -0.2) is 4.58 Å². The van der Waals surface area contributed by atoms with Crippen LogP contribution in [-0.2, 0) is 4.74 Å². The zero-order valence-electron chi connectivity index (χ0n) is 5.51. The van der Waals surface area contributed by atoms with Gasteiger partial charge in [0.1, 0.15) is 14.1 Å². The molecular formula is C5H12NO2+. The molecule has 0 aliphatic heterocycles. The van der Waals surface area contributed by atoms with Crippen LogP contribution in [0.1, 0.15) is 0 Å². The maximum atomic E-state index is 8.84. The first kappa shape index (κ1) is 7.43. The second-order valence-corrected chi connectivity index (χ2v) is 1.74. The van der Waals surface area contributed by atoms with Crippen molar-refractivity contribution in [3.8, 4) is 0 Å². The topological polar surface area (TPSA) is 32.5 Å². The van der Waals surface area contributed by atoms with E-state index in [1.54, 1.807) is 25.8 Å². The second kappa shape index (κ2) is 3.43. The molecule has 3 nitrogen and oxygen atoms in total. The van der Waals surface area contributed by atoms with Crippen molar-refractivity contribution < 1.29 is 14.4 Å². The van der Waals surface area contributed by atoms with E-state index in [4.69, 9.17) is 5.11 Å². The first-order valence-corrected chi connectivity index (χ1v) is 2.39. The van der Waals surface area contributed by atoms with Crippen molar-refractivity contribution in [2.45, 2.75) is 0 Å². The van der Waals surface area contributed by atoms with Crippen LogP contribution in [0, 0.1) is 0 Å². The van der Waals surface area contributed by atoms with Gasteiger partial charge in [-0.1, -0.05) is 0 Å². The summed E-state index contributed by atoms with van der Waals surface area (Å²) in [6, 6.07) is 0. The third-order valence-electron chi connectivity index (χ3n) is 0.790. The molecule has 0 atom stereocenters. The Hall–Kier alpha value is -0.570. The Morgan fingerprint density at radius 3 is 2.25 bits per heavy atom. The van der Waals surface area contributed by atoms with Gasteiger partial charge in [0.2, 0.25) is 0 Å². The standard InChI is InChI=1S/C5H11NO2/c1-6(2)5(7)4-8-3/h4H2,1-3H3/p+1. The summed E-state index contributed by atoms with van der Waals surface area (Å²) in [7, 11) is 5.06. The van der Waals surface area contributed by atoms with Gasteiger partial charge in [0.25, 0.3) is 0 Å². The summed E-state index contributed by atoms with van der Waals surface area (Å²) in [6.07, 6.45) is 0. The van der Waals surface area contributed by atoms with Crippen LogP contribution in [-0.4, -0.2) is 43.4 Å². The minimum absolute atomic E-state index is 0.243. The largest absolute Gasteiger partial charge is 0.462 e. The van der Waals surface area contributed by atoms with E-state index in [1.165, 1.54) is 0 Å². The molecule has 0 saturated heterocycles. The van der Waals surface area contributed by atoms with Gasteiger partial charge in [0.15, 0.2) is 6.61 Å². The van der Waals surface area contributed by atoms with E-state index in [2.05, 4.69) is 4.74 Å². The van der Waals surface area contributed by atoms with E-state index < -0.39 is 0 Å². The van der Waals surface area contributed by atoms with Gasteiger partial charge in [-0.05, 0) is 0 Å². The molecule has 0 aromatic heterocycles. The van der Waals surface area contributed by atoms with Crippen LogP contribution in [0.25, 0.3) is 0 Å². The van der Waals surface area contributed by atoms with E-state index in [0.29, 0.717) is 0 Å². The molecule has 0 rings (SSSR count). The van der Waals surface area contributed by atoms with Crippen molar-refractivity contribution in [3.05, 3.63) is 0 Å². The Morgan fingerprint density at radius 1 is 1.62 bits per heavy atom. The summed E-state index contributed by atoms with van der Waals surface area (Å²) < 4.78 is 6.24. The lowest BCUT2D eigenvalue weighted by Gasteiger charge is -1.91. The Labute approximate surface area is 49.2 Å². The summed E-state index contributed by atoms with van der Waals surface area (Å²) in [6.45, 7) is 0.285. The predicted octanol–water partition coefficient (Wildman–Crippen LogP) is -0.139. The van der Waals surface area contributed by atoms with E-state index >= 15 is 0 Å². The number of hydrogen-bond donors (Lipinski definition) is 1. The number of methoxy groups -OCH3 is 1. The molecule has 0 aromatic carbocycles. The molecule has 0 bridgehead atoms. The maximum Gasteiger partial charge on any atom is 0.360 e. The van der Waals surface area contributed by atoms with Gasteiger partial charge >= 0.3 is 5.90 Å². The molecule has 0 unspecified atom stereocenters. The normalized spacial score (nSPS) is 8.88. The monoisotopic (exact) mass is 118 g/mol. The minimum atomic E-state index is 0.243.